The van der Waals surface area contributed by atoms with Gasteiger partial charge >= 0.3 is 5.97 Å². The number of rotatable bonds is 11. The third-order valence-corrected chi connectivity index (χ3v) is 5.32. The molecule has 30 heavy (non-hydrogen) atoms. The van der Waals surface area contributed by atoms with Crippen molar-refractivity contribution in [1.29, 1.82) is 0 Å². The molecular formula is C23H34N2O5. The second-order valence-electron chi connectivity index (χ2n) is 7.61. The highest BCUT2D eigenvalue weighted by Crippen LogP contribution is 2.19. The van der Waals surface area contributed by atoms with Gasteiger partial charge in [0.15, 0.2) is 0 Å². The SMILES string of the molecule is CCOC(=O)C1CCN(C(=O)CN(C)C(=O)CCCOCCc2ccccc2)CC1. The lowest BCUT2D eigenvalue weighted by Gasteiger charge is -2.32. The topological polar surface area (TPSA) is 76.2 Å². The van der Waals surface area contributed by atoms with E-state index in [1.54, 1.807) is 18.9 Å². The van der Waals surface area contributed by atoms with E-state index in [2.05, 4.69) is 12.1 Å². The Hall–Kier alpha value is -2.41. The van der Waals surface area contributed by atoms with Gasteiger partial charge in [-0.2, -0.15) is 0 Å². The molecule has 1 aliphatic rings. The summed E-state index contributed by atoms with van der Waals surface area (Å²) in [5, 5.41) is 0. The van der Waals surface area contributed by atoms with Crippen LogP contribution >= 0.6 is 0 Å². The summed E-state index contributed by atoms with van der Waals surface area (Å²) in [6.07, 6.45) is 3.08. The molecular weight excluding hydrogens is 384 g/mol. The van der Waals surface area contributed by atoms with Crippen LogP contribution in [-0.4, -0.2) is 74.1 Å². The largest absolute Gasteiger partial charge is 0.466 e. The zero-order valence-electron chi connectivity index (χ0n) is 18.2. The number of likely N-dealkylation sites (N-methyl/N-ethyl adjacent to an activating group) is 1. The molecule has 0 spiro atoms. The first kappa shape index (κ1) is 23.9. The van der Waals surface area contributed by atoms with Crippen molar-refractivity contribution in [3.8, 4) is 0 Å². The molecule has 1 aromatic rings. The highest BCUT2D eigenvalue weighted by Gasteiger charge is 2.28. The van der Waals surface area contributed by atoms with E-state index in [0.717, 1.165) is 6.42 Å². The summed E-state index contributed by atoms with van der Waals surface area (Å²) in [5.74, 6) is -0.443. The van der Waals surface area contributed by atoms with Crippen LogP contribution in [0.5, 0.6) is 0 Å². The van der Waals surface area contributed by atoms with Crippen LogP contribution in [-0.2, 0) is 30.3 Å². The predicted octanol–water partition coefficient (Wildman–Crippen LogP) is 2.29. The minimum atomic E-state index is -0.178. The maximum absolute atomic E-state index is 12.5. The number of amides is 2. The molecule has 0 aliphatic carbocycles. The molecule has 7 heteroatoms. The Labute approximate surface area is 179 Å². The minimum absolute atomic E-state index is 0.0589. The smallest absolute Gasteiger partial charge is 0.309 e. The van der Waals surface area contributed by atoms with Crippen molar-refractivity contribution in [2.45, 2.75) is 39.0 Å². The van der Waals surface area contributed by atoms with E-state index in [1.165, 1.54) is 10.5 Å². The Bertz CT molecular complexity index is 671. The zero-order valence-corrected chi connectivity index (χ0v) is 18.2. The standard InChI is InChI=1S/C23H34N2O5/c1-3-30-23(28)20-11-14-25(15-12-20)22(27)18-24(2)21(26)10-7-16-29-17-13-19-8-5-4-6-9-19/h4-6,8-9,20H,3,7,10-18H2,1-2H3. The van der Waals surface area contributed by atoms with Gasteiger partial charge in [0, 0.05) is 33.2 Å². The highest BCUT2D eigenvalue weighted by molar-refractivity contribution is 5.85. The summed E-state index contributed by atoms with van der Waals surface area (Å²) in [4.78, 5) is 39.7. The lowest BCUT2D eigenvalue weighted by atomic mass is 9.97. The number of carbonyl (C=O) groups is 3. The Morgan fingerprint density at radius 1 is 1.10 bits per heavy atom. The second kappa shape index (κ2) is 13.0. The third-order valence-electron chi connectivity index (χ3n) is 5.32. The molecule has 1 fully saturated rings. The monoisotopic (exact) mass is 418 g/mol. The average Bonchev–Trinajstić information content (AvgIpc) is 2.76. The Morgan fingerprint density at radius 2 is 1.80 bits per heavy atom. The maximum atomic E-state index is 12.5. The fraction of sp³-hybridized carbons (Fsp3) is 0.609. The summed E-state index contributed by atoms with van der Waals surface area (Å²) in [6, 6.07) is 10.1. The molecule has 0 aromatic heterocycles. The molecule has 1 heterocycles. The molecule has 7 nitrogen and oxygen atoms in total. The highest BCUT2D eigenvalue weighted by atomic mass is 16.5. The van der Waals surface area contributed by atoms with Gasteiger partial charge in [0.05, 0.1) is 25.7 Å². The van der Waals surface area contributed by atoms with Gasteiger partial charge < -0.3 is 19.3 Å². The van der Waals surface area contributed by atoms with Crippen molar-refractivity contribution >= 4 is 17.8 Å². The molecule has 166 valence electrons. The van der Waals surface area contributed by atoms with Crippen LogP contribution in [0.1, 0.15) is 38.2 Å². The lowest BCUT2D eigenvalue weighted by Crippen LogP contribution is -2.45. The van der Waals surface area contributed by atoms with Crippen molar-refractivity contribution in [1.82, 2.24) is 9.80 Å². The molecule has 1 saturated heterocycles. The molecule has 0 bridgehead atoms. The number of piperidine rings is 1. The van der Waals surface area contributed by atoms with E-state index >= 15 is 0 Å². The van der Waals surface area contributed by atoms with Gasteiger partial charge in [0.2, 0.25) is 11.8 Å². The zero-order chi connectivity index (χ0) is 21.8. The lowest BCUT2D eigenvalue weighted by molar-refractivity contribution is -0.151. The number of ether oxygens (including phenoxy) is 2. The van der Waals surface area contributed by atoms with E-state index in [4.69, 9.17) is 9.47 Å². The van der Waals surface area contributed by atoms with Gasteiger partial charge in [-0.3, -0.25) is 14.4 Å². The van der Waals surface area contributed by atoms with Crippen molar-refractivity contribution in [3.05, 3.63) is 35.9 Å². The summed E-state index contributed by atoms with van der Waals surface area (Å²) in [5.41, 5.74) is 1.23. The average molecular weight is 419 g/mol. The molecule has 0 unspecified atom stereocenters. The first-order chi connectivity index (χ1) is 14.5. The number of nitrogens with zero attached hydrogens (tertiary/aromatic N) is 2. The van der Waals surface area contributed by atoms with E-state index in [1.807, 2.05) is 18.2 Å². The number of carbonyl (C=O) groups excluding carboxylic acids is 3. The quantitative estimate of drug-likeness (QED) is 0.407. The van der Waals surface area contributed by atoms with Gasteiger partial charge in [-0.1, -0.05) is 30.3 Å². The van der Waals surface area contributed by atoms with Gasteiger partial charge in [-0.15, -0.1) is 0 Å². The van der Waals surface area contributed by atoms with Crippen LogP contribution in [0, 0.1) is 5.92 Å². The normalized spacial score (nSPS) is 14.4. The molecule has 1 aliphatic heterocycles. The Morgan fingerprint density at radius 3 is 2.47 bits per heavy atom. The van der Waals surface area contributed by atoms with Crippen molar-refractivity contribution in [2.75, 3.05) is 46.5 Å². The summed E-state index contributed by atoms with van der Waals surface area (Å²) in [6.45, 7) is 4.45. The molecule has 0 radical (unpaired) electrons. The van der Waals surface area contributed by atoms with Gasteiger partial charge in [0.1, 0.15) is 0 Å². The number of benzene rings is 1. The van der Waals surface area contributed by atoms with Crippen molar-refractivity contribution in [3.63, 3.8) is 0 Å². The van der Waals surface area contributed by atoms with Crippen LogP contribution < -0.4 is 0 Å². The number of hydrogen-bond acceptors (Lipinski definition) is 5. The molecule has 1 aromatic carbocycles. The fourth-order valence-corrected chi connectivity index (χ4v) is 3.47. The van der Waals surface area contributed by atoms with E-state index in [-0.39, 0.29) is 30.2 Å². The third kappa shape index (κ3) is 8.14. The first-order valence-electron chi connectivity index (χ1n) is 10.8. The van der Waals surface area contributed by atoms with Crippen LogP contribution in [0.25, 0.3) is 0 Å². The van der Waals surface area contributed by atoms with Crippen LogP contribution in [0.4, 0.5) is 0 Å². The first-order valence-corrected chi connectivity index (χ1v) is 10.8. The van der Waals surface area contributed by atoms with Crippen LogP contribution in [0.2, 0.25) is 0 Å². The Kier molecular flexibility index (Phi) is 10.3. The maximum Gasteiger partial charge on any atom is 0.309 e. The van der Waals surface area contributed by atoms with Gasteiger partial charge in [-0.25, -0.2) is 0 Å². The molecule has 2 amide bonds. The Balaban J connectivity index is 1.57. The van der Waals surface area contributed by atoms with Crippen molar-refractivity contribution in [2.24, 2.45) is 5.92 Å². The minimum Gasteiger partial charge on any atom is -0.466 e. The number of hydrogen-bond donors (Lipinski definition) is 0. The predicted molar refractivity (Wildman–Crippen MR) is 114 cm³/mol. The fourth-order valence-electron chi connectivity index (χ4n) is 3.47. The molecule has 0 saturated carbocycles. The van der Waals surface area contributed by atoms with Crippen molar-refractivity contribution < 1.29 is 23.9 Å². The number of esters is 1. The summed E-state index contributed by atoms with van der Waals surface area (Å²) < 4.78 is 10.7. The van der Waals surface area contributed by atoms with E-state index in [0.29, 0.717) is 58.6 Å². The number of likely N-dealkylation sites (tertiary alicyclic amines) is 1. The van der Waals surface area contributed by atoms with Gasteiger partial charge in [0.25, 0.3) is 0 Å². The summed E-state index contributed by atoms with van der Waals surface area (Å²) >= 11 is 0. The molecule has 0 atom stereocenters. The molecule has 0 N–H and O–H groups in total. The van der Waals surface area contributed by atoms with E-state index in [9.17, 15) is 14.4 Å². The van der Waals surface area contributed by atoms with Crippen LogP contribution in [0.15, 0.2) is 30.3 Å². The summed E-state index contributed by atoms with van der Waals surface area (Å²) in [7, 11) is 1.65. The second-order valence-corrected chi connectivity index (χ2v) is 7.61. The van der Waals surface area contributed by atoms with E-state index < -0.39 is 0 Å². The van der Waals surface area contributed by atoms with Crippen LogP contribution in [0.3, 0.4) is 0 Å². The molecule has 2 rings (SSSR count). The van der Waals surface area contributed by atoms with Gasteiger partial charge in [-0.05, 0) is 38.2 Å².